The molecule has 0 spiro atoms. The summed E-state index contributed by atoms with van der Waals surface area (Å²) in [5.41, 5.74) is 0.581. The normalized spacial score (nSPS) is 12.7. The van der Waals surface area contributed by atoms with Crippen LogP contribution in [0.1, 0.15) is 16.5 Å². The SMILES string of the molecule is CNC(c1cccs1)c1cc(Cl)ccc1F. The van der Waals surface area contributed by atoms with Crippen LogP contribution in [0.25, 0.3) is 0 Å². The summed E-state index contributed by atoms with van der Waals surface area (Å²) in [6.07, 6.45) is 0. The molecule has 0 bridgehead atoms. The molecule has 0 amide bonds. The second-order valence-electron chi connectivity index (χ2n) is 3.40. The minimum absolute atomic E-state index is 0.140. The van der Waals surface area contributed by atoms with E-state index < -0.39 is 0 Å². The van der Waals surface area contributed by atoms with Gasteiger partial charge in [0, 0.05) is 15.5 Å². The fourth-order valence-corrected chi connectivity index (χ4v) is 2.68. The minimum Gasteiger partial charge on any atom is -0.309 e. The molecule has 1 aromatic heterocycles. The van der Waals surface area contributed by atoms with Crippen molar-refractivity contribution in [3.8, 4) is 0 Å². The molecule has 2 rings (SSSR count). The van der Waals surface area contributed by atoms with Crippen molar-refractivity contribution in [2.24, 2.45) is 0 Å². The first-order valence-electron chi connectivity index (χ1n) is 4.88. The van der Waals surface area contributed by atoms with Crippen molar-refractivity contribution in [3.63, 3.8) is 0 Å². The largest absolute Gasteiger partial charge is 0.309 e. The van der Waals surface area contributed by atoms with Crippen molar-refractivity contribution in [1.82, 2.24) is 5.32 Å². The average Bonchev–Trinajstić information content (AvgIpc) is 2.78. The summed E-state index contributed by atoms with van der Waals surface area (Å²) in [7, 11) is 1.81. The first-order chi connectivity index (χ1) is 7.72. The maximum atomic E-state index is 13.7. The molecular weight excluding hydrogens is 245 g/mol. The number of hydrogen-bond donors (Lipinski definition) is 1. The maximum absolute atomic E-state index is 13.7. The summed E-state index contributed by atoms with van der Waals surface area (Å²) in [6, 6.07) is 8.41. The number of thiophene rings is 1. The van der Waals surface area contributed by atoms with Gasteiger partial charge in [0.1, 0.15) is 5.82 Å². The lowest BCUT2D eigenvalue weighted by atomic mass is 10.1. The molecule has 1 aromatic carbocycles. The zero-order valence-corrected chi connectivity index (χ0v) is 10.3. The van der Waals surface area contributed by atoms with Crippen LogP contribution in [0.4, 0.5) is 4.39 Å². The predicted molar refractivity (Wildman–Crippen MR) is 66.6 cm³/mol. The minimum atomic E-state index is -0.239. The van der Waals surface area contributed by atoms with Crippen LogP contribution in [0.15, 0.2) is 35.7 Å². The summed E-state index contributed by atoms with van der Waals surface area (Å²) in [5.74, 6) is -0.239. The van der Waals surface area contributed by atoms with Crippen LogP contribution in [-0.2, 0) is 0 Å². The van der Waals surface area contributed by atoms with Crippen molar-refractivity contribution < 1.29 is 4.39 Å². The second kappa shape index (κ2) is 4.95. The Labute approximate surface area is 103 Å². The van der Waals surface area contributed by atoms with Gasteiger partial charge < -0.3 is 5.32 Å². The molecule has 1 N–H and O–H groups in total. The fraction of sp³-hybridized carbons (Fsp3) is 0.167. The summed E-state index contributed by atoms with van der Waals surface area (Å²) in [5, 5.41) is 5.62. The Kier molecular flexibility index (Phi) is 3.59. The van der Waals surface area contributed by atoms with E-state index in [0.29, 0.717) is 10.6 Å². The predicted octanol–water partition coefficient (Wildman–Crippen LogP) is 3.85. The monoisotopic (exact) mass is 255 g/mol. The van der Waals surface area contributed by atoms with Crippen molar-refractivity contribution in [2.45, 2.75) is 6.04 Å². The van der Waals surface area contributed by atoms with Gasteiger partial charge in [-0.15, -0.1) is 11.3 Å². The molecule has 0 aliphatic carbocycles. The highest BCUT2D eigenvalue weighted by Crippen LogP contribution is 2.29. The highest BCUT2D eigenvalue weighted by molar-refractivity contribution is 7.10. The number of benzene rings is 1. The van der Waals surface area contributed by atoms with Gasteiger partial charge in [-0.2, -0.15) is 0 Å². The Hall–Kier alpha value is -0.900. The van der Waals surface area contributed by atoms with Crippen LogP contribution in [0.5, 0.6) is 0 Å². The Balaban J connectivity index is 2.44. The quantitative estimate of drug-likeness (QED) is 0.879. The zero-order chi connectivity index (χ0) is 11.5. The molecule has 0 saturated carbocycles. The van der Waals surface area contributed by atoms with Gasteiger partial charge in [-0.1, -0.05) is 17.7 Å². The van der Waals surface area contributed by atoms with Crippen molar-refractivity contribution in [1.29, 1.82) is 0 Å². The van der Waals surface area contributed by atoms with Gasteiger partial charge in [0.15, 0.2) is 0 Å². The lowest BCUT2D eigenvalue weighted by molar-refractivity contribution is 0.579. The van der Waals surface area contributed by atoms with E-state index in [4.69, 9.17) is 11.6 Å². The summed E-state index contributed by atoms with van der Waals surface area (Å²) in [4.78, 5) is 1.07. The van der Waals surface area contributed by atoms with E-state index in [-0.39, 0.29) is 11.9 Å². The molecule has 2 aromatic rings. The first kappa shape index (κ1) is 11.6. The smallest absolute Gasteiger partial charge is 0.128 e. The average molecular weight is 256 g/mol. The van der Waals surface area contributed by atoms with Gasteiger partial charge in [-0.25, -0.2) is 4.39 Å². The van der Waals surface area contributed by atoms with E-state index in [0.717, 1.165) is 4.88 Å². The maximum Gasteiger partial charge on any atom is 0.128 e. The molecule has 0 aliphatic rings. The van der Waals surface area contributed by atoms with E-state index in [1.54, 1.807) is 23.5 Å². The summed E-state index contributed by atoms with van der Waals surface area (Å²) >= 11 is 7.48. The number of halogens is 2. The molecule has 0 saturated heterocycles. The van der Waals surface area contributed by atoms with Crippen LogP contribution in [0.2, 0.25) is 5.02 Å². The molecule has 16 heavy (non-hydrogen) atoms. The van der Waals surface area contributed by atoms with Gasteiger partial charge >= 0.3 is 0 Å². The highest BCUT2D eigenvalue weighted by Gasteiger charge is 2.17. The number of nitrogens with one attached hydrogen (secondary N) is 1. The zero-order valence-electron chi connectivity index (χ0n) is 8.71. The van der Waals surface area contributed by atoms with Crippen LogP contribution in [0, 0.1) is 5.82 Å². The number of hydrogen-bond acceptors (Lipinski definition) is 2. The lowest BCUT2D eigenvalue weighted by Gasteiger charge is -2.16. The molecule has 1 nitrogen and oxygen atoms in total. The van der Waals surface area contributed by atoms with Crippen molar-refractivity contribution >= 4 is 22.9 Å². The Morgan fingerprint density at radius 3 is 2.81 bits per heavy atom. The molecule has 4 heteroatoms. The third kappa shape index (κ3) is 2.26. The molecule has 1 atom stereocenters. The molecule has 0 aliphatic heterocycles. The molecule has 0 fully saturated rings. The summed E-state index contributed by atoms with van der Waals surface area (Å²) < 4.78 is 13.7. The third-order valence-corrected chi connectivity index (χ3v) is 3.56. The molecule has 84 valence electrons. The third-order valence-electron chi connectivity index (χ3n) is 2.39. The van der Waals surface area contributed by atoms with Gasteiger partial charge in [0.05, 0.1) is 6.04 Å². The van der Waals surface area contributed by atoms with Crippen LogP contribution in [0.3, 0.4) is 0 Å². The standard InChI is InChI=1S/C12H11ClFNS/c1-15-12(11-3-2-6-16-11)9-7-8(13)4-5-10(9)14/h2-7,12,15H,1H3. The fourth-order valence-electron chi connectivity index (χ4n) is 1.64. The van der Waals surface area contributed by atoms with Crippen LogP contribution < -0.4 is 5.32 Å². The highest BCUT2D eigenvalue weighted by atomic mass is 35.5. The Morgan fingerprint density at radius 1 is 1.38 bits per heavy atom. The van der Waals surface area contributed by atoms with Gasteiger partial charge in [-0.3, -0.25) is 0 Å². The van der Waals surface area contributed by atoms with Crippen molar-refractivity contribution in [3.05, 3.63) is 57.0 Å². The molecular formula is C12H11ClFNS. The van der Waals surface area contributed by atoms with Gasteiger partial charge in [-0.05, 0) is 36.7 Å². The molecule has 0 radical (unpaired) electrons. The number of rotatable bonds is 3. The van der Waals surface area contributed by atoms with E-state index in [1.807, 2.05) is 24.6 Å². The van der Waals surface area contributed by atoms with Crippen molar-refractivity contribution in [2.75, 3.05) is 7.05 Å². The van der Waals surface area contributed by atoms with E-state index >= 15 is 0 Å². The first-order valence-corrected chi connectivity index (χ1v) is 6.13. The van der Waals surface area contributed by atoms with E-state index in [2.05, 4.69) is 5.32 Å². The summed E-state index contributed by atoms with van der Waals surface area (Å²) in [6.45, 7) is 0. The van der Waals surface area contributed by atoms with E-state index in [9.17, 15) is 4.39 Å². The van der Waals surface area contributed by atoms with Gasteiger partial charge in [0.25, 0.3) is 0 Å². The topological polar surface area (TPSA) is 12.0 Å². The van der Waals surface area contributed by atoms with Crippen LogP contribution >= 0.6 is 22.9 Å². The molecule has 1 unspecified atom stereocenters. The lowest BCUT2D eigenvalue weighted by Crippen LogP contribution is -2.17. The Morgan fingerprint density at radius 2 is 2.19 bits per heavy atom. The second-order valence-corrected chi connectivity index (χ2v) is 4.82. The van der Waals surface area contributed by atoms with Crippen LogP contribution in [-0.4, -0.2) is 7.05 Å². The Bertz CT molecular complexity index is 470. The van der Waals surface area contributed by atoms with E-state index in [1.165, 1.54) is 6.07 Å². The van der Waals surface area contributed by atoms with Gasteiger partial charge in [0.2, 0.25) is 0 Å². The molecule has 1 heterocycles.